The number of ketones is 1. The summed E-state index contributed by atoms with van der Waals surface area (Å²) < 4.78 is 5.71. The van der Waals surface area contributed by atoms with Gasteiger partial charge in [0.1, 0.15) is 5.76 Å². The van der Waals surface area contributed by atoms with Crippen LogP contribution in [0.25, 0.3) is 0 Å². The first-order valence-corrected chi connectivity index (χ1v) is 14.1. The van der Waals surface area contributed by atoms with Crippen LogP contribution in [0.1, 0.15) is 120 Å². The molecule has 2 rings (SSSR count). The molecule has 0 fully saturated rings. The van der Waals surface area contributed by atoms with Gasteiger partial charge in [-0.25, -0.2) is 0 Å². The number of aliphatic hydroxyl groups is 2. The second kappa shape index (κ2) is 17.5. The van der Waals surface area contributed by atoms with Crippen molar-refractivity contribution in [1.29, 1.82) is 0 Å². The topological polar surface area (TPSA) is 66.8 Å². The molecule has 1 aliphatic rings. The number of benzene rings is 1. The Labute approximate surface area is 213 Å². The molecule has 1 unspecified atom stereocenters. The average Bonchev–Trinajstić information content (AvgIpc) is 2.85. The van der Waals surface area contributed by atoms with Crippen LogP contribution in [0.5, 0.6) is 0 Å². The maximum Gasteiger partial charge on any atom is 0.200 e. The van der Waals surface area contributed by atoms with Crippen LogP contribution in [0.2, 0.25) is 0 Å². The lowest BCUT2D eigenvalue weighted by Gasteiger charge is -2.29. The van der Waals surface area contributed by atoms with Crippen LogP contribution in [-0.2, 0) is 4.74 Å². The molecule has 1 aromatic carbocycles. The molecule has 35 heavy (non-hydrogen) atoms. The van der Waals surface area contributed by atoms with Crippen molar-refractivity contribution in [2.45, 2.75) is 115 Å². The van der Waals surface area contributed by atoms with Gasteiger partial charge in [-0.15, -0.1) is 0 Å². The van der Waals surface area contributed by atoms with Crippen LogP contribution in [-0.4, -0.2) is 28.4 Å². The smallest absolute Gasteiger partial charge is 0.200 e. The number of ether oxygens (including phenoxy) is 1. The Morgan fingerprint density at radius 1 is 0.771 bits per heavy atom. The van der Waals surface area contributed by atoms with Gasteiger partial charge in [0.15, 0.2) is 5.78 Å². The van der Waals surface area contributed by atoms with E-state index >= 15 is 0 Å². The summed E-state index contributed by atoms with van der Waals surface area (Å²) in [5, 5.41) is 20.8. The molecule has 196 valence electrons. The number of allylic oxidation sites excluding steroid dienone is 1. The number of unbranched alkanes of at least 4 members (excludes halogenated alkanes) is 15. The van der Waals surface area contributed by atoms with E-state index in [4.69, 9.17) is 4.74 Å². The maximum atomic E-state index is 12.6. The predicted octanol–water partition coefficient (Wildman–Crippen LogP) is 7.90. The van der Waals surface area contributed by atoms with Crippen molar-refractivity contribution in [2.75, 3.05) is 6.61 Å². The minimum Gasteiger partial charge on any atom is -0.494 e. The first kappa shape index (κ1) is 29.3. The van der Waals surface area contributed by atoms with Crippen molar-refractivity contribution in [3.8, 4) is 0 Å². The Balaban J connectivity index is 1.45. The van der Waals surface area contributed by atoms with Gasteiger partial charge < -0.3 is 14.9 Å². The highest BCUT2D eigenvalue weighted by Crippen LogP contribution is 2.29. The first-order chi connectivity index (χ1) is 17.0. The van der Waals surface area contributed by atoms with Gasteiger partial charge in [0.2, 0.25) is 5.79 Å². The normalized spacial score (nSPS) is 16.8. The molecular weight excluding hydrogens is 436 g/mol. The van der Waals surface area contributed by atoms with Crippen molar-refractivity contribution in [3.05, 3.63) is 59.9 Å². The molecule has 0 saturated carbocycles. The van der Waals surface area contributed by atoms with Gasteiger partial charge in [-0.1, -0.05) is 140 Å². The quantitative estimate of drug-likeness (QED) is 0.112. The molecule has 0 heterocycles. The molecule has 0 spiro atoms. The van der Waals surface area contributed by atoms with Gasteiger partial charge >= 0.3 is 0 Å². The van der Waals surface area contributed by atoms with E-state index in [1.54, 1.807) is 30.3 Å². The van der Waals surface area contributed by atoms with Crippen molar-refractivity contribution < 1.29 is 19.7 Å². The Hall–Kier alpha value is -1.91. The minimum atomic E-state index is -2.24. The van der Waals surface area contributed by atoms with Crippen molar-refractivity contribution in [2.24, 2.45) is 5.92 Å². The Bertz CT molecular complexity index is 751. The third-order valence-electron chi connectivity index (χ3n) is 6.87. The van der Waals surface area contributed by atoms with Gasteiger partial charge in [0.05, 0.1) is 12.5 Å². The van der Waals surface area contributed by atoms with Crippen LogP contribution >= 0.6 is 0 Å². The minimum absolute atomic E-state index is 0.319. The molecule has 4 nitrogen and oxygen atoms in total. The fourth-order valence-electron chi connectivity index (χ4n) is 4.67. The summed E-state index contributed by atoms with van der Waals surface area (Å²) in [6, 6.07) is 8.71. The molecule has 0 radical (unpaired) electrons. The number of rotatable bonds is 20. The molecule has 0 aromatic heterocycles. The van der Waals surface area contributed by atoms with Gasteiger partial charge in [0.25, 0.3) is 0 Å². The molecular formula is C31H48O4. The summed E-state index contributed by atoms with van der Waals surface area (Å²) in [5.41, 5.74) is 0.459. The predicted molar refractivity (Wildman–Crippen MR) is 144 cm³/mol. The number of hydrogen-bond donors (Lipinski definition) is 2. The van der Waals surface area contributed by atoms with Gasteiger partial charge in [-0.05, 0) is 12.5 Å². The second-order valence-corrected chi connectivity index (χ2v) is 10.0. The van der Waals surface area contributed by atoms with Crippen molar-refractivity contribution in [3.63, 3.8) is 0 Å². The summed E-state index contributed by atoms with van der Waals surface area (Å²) in [6.07, 6.45) is 25.7. The van der Waals surface area contributed by atoms with Crippen LogP contribution in [0, 0.1) is 5.92 Å². The number of carbonyl (C=O) groups excluding carboxylic acids is 1. The largest absolute Gasteiger partial charge is 0.494 e. The second-order valence-electron chi connectivity index (χ2n) is 10.0. The van der Waals surface area contributed by atoms with E-state index in [1.807, 2.05) is 6.07 Å². The van der Waals surface area contributed by atoms with Gasteiger partial charge in [0, 0.05) is 11.6 Å². The highest BCUT2D eigenvalue weighted by Gasteiger charge is 2.39. The van der Waals surface area contributed by atoms with Gasteiger partial charge in [-0.3, -0.25) is 4.79 Å². The lowest BCUT2D eigenvalue weighted by molar-refractivity contribution is -0.139. The van der Waals surface area contributed by atoms with Crippen LogP contribution < -0.4 is 0 Å². The van der Waals surface area contributed by atoms with E-state index in [9.17, 15) is 15.0 Å². The van der Waals surface area contributed by atoms with E-state index in [0.29, 0.717) is 17.9 Å². The van der Waals surface area contributed by atoms with Crippen LogP contribution in [0.15, 0.2) is 54.3 Å². The summed E-state index contributed by atoms with van der Waals surface area (Å²) in [4.78, 5) is 12.6. The lowest BCUT2D eigenvalue weighted by Crippen LogP contribution is -2.41. The molecule has 0 bridgehead atoms. The molecule has 1 atom stereocenters. The SMILES string of the molecule is CCCCCCCCCCCCCCCCCCOC1=CC(O)(O)C(C(=O)c2ccccc2)C=C1. The highest BCUT2D eigenvalue weighted by atomic mass is 16.5. The van der Waals surface area contributed by atoms with Crippen molar-refractivity contribution >= 4 is 5.78 Å². The third kappa shape index (κ3) is 12.1. The molecule has 0 aliphatic heterocycles. The van der Waals surface area contributed by atoms with E-state index in [-0.39, 0.29) is 5.78 Å². The average molecular weight is 485 g/mol. The third-order valence-corrected chi connectivity index (χ3v) is 6.87. The number of hydrogen-bond acceptors (Lipinski definition) is 4. The standard InChI is InChI=1S/C31H48O4/c1-2-3-4-5-6-7-8-9-10-11-12-13-14-15-16-20-25-35-28-23-24-29(31(33,34)26-28)30(32)27-21-18-17-19-22-27/h17-19,21-24,26,29,33-34H,2-16,20,25H2,1H3. The highest BCUT2D eigenvalue weighted by molar-refractivity contribution is 5.99. The molecule has 0 saturated heterocycles. The fourth-order valence-corrected chi connectivity index (χ4v) is 4.67. The lowest BCUT2D eigenvalue weighted by atomic mass is 9.86. The van der Waals surface area contributed by atoms with Crippen LogP contribution in [0.3, 0.4) is 0 Å². The molecule has 0 amide bonds. The van der Waals surface area contributed by atoms with E-state index in [2.05, 4.69) is 6.92 Å². The van der Waals surface area contributed by atoms with E-state index in [1.165, 1.54) is 102 Å². The maximum absolute atomic E-state index is 12.6. The zero-order valence-electron chi connectivity index (χ0n) is 21.9. The molecule has 1 aromatic rings. The Morgan fingerprint density at radius 2 is 1.26 bits per heavy atom. The molecule has 4 heteroatoms. The summed E-state index contributed by atoms with van der Waals surface area (Å²) in [7, 11) is 0. The molecule has 1 aliphatic carbocycles. The Morgan fingerprint density at radius 3 is 1.74 bits per heavy atom. The Kier molecular flexibility index (Phi) is 14.7. The first-order valence-electron chi connectivity index (χ1n) is 14.1. The number of Topliss-reactive ketones (excluding diaryl/α,β-unsaturated/α-hetero) is 1. The summed E-state index contributed by atoms with van der Waals surface area (Å²) >= 11 is 0. The number of carbonyl (C=O) groups is 1. The van der Waals surface area contributed by atoms with E-state index < -0.39 is 11.7 Å². The summed E-state index contributed by atoms with van der Waals surface area (Å²) in [6.45, 7) is 2.82. The van der Waals surface area contributed by atoms with Crippen LogP contribution in [0.4, 0.5) is 0 Å². The summed E-state index contributed by atoms with van der Waals surface area (Å²) in [5.74, 6) is -3.19. The zero-order valence-corrected chi connectivity index (χ0v) is 21.9. The van der Waals surface area contributed by atoms with Crippen molar-refractivity contribution in [1.82, 2.24) is 0 Å². The van der Waals surface area contributed by atoms with E-state index in [0.717, 1.165) is 12.8 Å². The zero-order chi connectivity index (χ0) is 25.2. The monoisotopic (exact) mass is 484 g/mol. The fraction of sp³-hybridized carbons (Fsp3) is 0.645. The van der Waals surface area contributed by atoms with Gasteiger partial charge in [-0.2, -0.15) is 0 Å². The molecule has 2 N–H and O–H groups in total.